The van der Waals surface area contributed by atoms with Gasteiger partial charge in [0.05, 0.1) is 18.4 Å². The summed E-state index contributed by atoms with van der Waals surface area (Å²) in [7, 11) is 1.89. The Morgan fingerprint density at radius 3 is 2.65 bits per heavy atom. The Labute approximate surface area is 180 Å². The predicted octanol–water partition coefficient (Wildman–Crippen LogP) is 3.19. The zero-order valence-electron chi connectivity index (χ0n) is 18.1. The van der Waals surface area contributed by atoms with Gasteiger partial charge in [-0.05, 0) is 30.5 Å². The number of aryl methyl sites for hydroxylation is 1. The van der Waals surface area contributed by atoms with Gasteiger partial charge in [-0.15, -0.1) is 0 Å². The SMILES string of the molecule is Cc1nc(NCc2cnn(Cc3ccc(F)cc3)c2)nc2c1NC(=O)[C@H](C(C)C)N2C. The van der Waals surface area contributed by atoms with Gasteiger partial charge in [-0.25, -0.2) is 9.37 Å². The fourth-order valence-corrected chi connectivity index (χ4v) is 3.84. The maximum atomic E-state index is 13.1. The Bertz CT molecular complexity index is 1090. The van der Waals surface area contributed by atoms with Crippen LogP contribution in [-0.2, 0) is 17.9 Å². The Kier molecular flexibility index (Phi) is 5.58. The van der Waals surface area contributed by atoms with Crippen molar-refractivity contribution in [2.24, 2.45) is 5.92 Å². The second kappa shape index (κ2) is 8.33. The molecule has 2 N–H and O–H groups in total. The normalized spacial score (nSPS) is 15.7. The molecule has 9 heteroatoms. The summed E-state index contributed by atoms with van der Waals surface area (Å²) < 4.78 is 14.9. The summed E-state index contributed by atoms with van der Waals surface area (Å²) in [5.41, 5.74) is 3.31. The minimum Gasteiger partial charge on any atom is -0.350 e. The summed E-state index contributed by atoms with van der Waals surface area (Å²) >= 11 is 0. The average Bonchev–Trinajstić information content (AvgIpc) is 3.16. The highest BCUT2D eigenvalue weighted by molar-refractivity contribution is 6.03. The van der Waals surface area contributed by atoms with E-state index in [-0.39, 0.29) is 23.7 Å². The van der Waals surface area contributed by atoms with E-state index in [4.69, 9.17) is 0 Å². The first-order valence-corrected chi connectivity index (χ1v) is 10.2. The van der Waals surface area contributed by atoms with Crippen molar-refractivity contribution in [2.75, 3.05) is 22.6 Å². The van der Waals surface area contributed by atoms with Gasteiger partial charge in [-0.2, -0.15) is 10.1 Å². The predicted molar refractivity (Wildman–Crippen MR) is 117 cm³/mol. The summed E-state index contributed by atoms with van der Waals surface area (Å²) in [6.07, 6.45) is 3.71. The molecule has 1 aliphatic rings. The van der Waals surface area contributed by atoms with E-state index in [0.29, 0.717) is 36.2 Å². The molecular formula is C22H26FN7O. The Hall–Kier alpha value is -3.49. The molecule has 1 aromatic carbocycles. The molecule has 31 heavy (non-hydrogen) atoms. The van der Waals surface area contributed by atoms with Crippen LogP contribution in [0.4, 0.5) is 21.8 Å². The van der Waals surface area contributed by atoms with Crippen molar-refractivity contribution in [3.63, 3.8) is 0 Å². The standard InChI is InChI=1S/C22H26FN7O/c1-13(2)19-21(31)27-18-14(3)26-22(28-20(18)29(19)4)24-9-16-10-25-30(12-16)11-15-5-7-17(23)8-6-15/h5-8,10,12-13,19H,9,11H2,1-4H3,(H,27,31)(H,24,26,28)/t19-/m0/s1. The molecule has 1 atom stereocenters. The number of likely N-dealkylation sites (N-methyl/N-ethyl adjacent to an activating group) is 1. The van der Waals surface area contributed by atoms with Gasteiger partial charge < -0.3 is 15.5 Å². The maximum Gasteiger partial charge on any atom is 0.247 e. The number of nitrogens with one attached hydrogen (secondary N) is 2. The lowest BCUT2D eigenvalue weighted by Gasteiger charge is -2.36. The van der Waals surface area contributed by atoms with Crippen LogP contribution < -0.4 is 15.5 Å². The highest BCUT2D eigenvalue weighted by atomic mass is 19.1. The van der Waals surface area contributed by atoms with Crippen molar-refractivity contribution in [3.8, 4) is 0 Å². The van der Waals surface area contributed by atoms with Crippen molar-refractivity contribution >= 4 is 23.4 Å². The number of halogens is 1. The molecule has 0 bridgehead atoms. The lowest BCUT2D eigenvalue weighted by molar-refractivity contribution is -0.118. The van der Waals surface area contributed by atoms with E-state index in [9.17, 15) is 9.18 Å². The van der Waals surface area contributed by atoms with Gasteiger partial charge in [0.25, 0.3) is 0 Å². The fraction of sp³-hybridized carbons (Fsp3) is 0.364. The van der Waals surface area contributed by atoms with Gasteiger partial charge in [0.1, 0.15) is 17.5 Å². The number of anilines is 3. The smallest absolute Gasteiger partial charge is 0.247 e. The molecule has 0 radical (unpaired) electrons. The Balaban J connectivity index is 1.46. The average molecular weight is 423 g/mol. The summed E-state index contributed by atoms with van der Waals surface area (Å²) in [6, 6.07) is 6.11. The number of aromatic nitrogens is 4. The first-order valence-electron chi connectivity index (χ1n) is 10.2. The molecule has 0 unspecified atom stereocenters. The number of hydrogen-bond donors (Lipinski definition) is 2. The van der Waals surface area contributed by atoms with Gasteiger partial charge in [0.2, 0.25) is 11.9 Å². The third-order valence-electron chi connectivity index (χ3n) is 5.37. The molecule has 0 fully saturated rings. The maximum absolute atomic E-state index is 13.1. The third-order valence-corrected chi connectivity index (χ3v) is 5.37. The zero-order valence-corrected chi connectivity index (χ0v) is 18.1. The molecule has 3 aromatic rings. The minimum atomic E-state index is -0.278. The molecule has 0 saturated heterocycles. The number of amides is 1. The van der Waals surface area contributed by atoms with Gasteiger partial charge in [-0.3, -0.25) is 9.48 Å². The molecule has 0 aliphatic carbocycles. The monoisotopic (exact) mass is 423 g/mol. The molecule has 2 aromatic heterocycles. The highest BCUT2D eigenvalue weighted by Gasteiger charge is 2.35. The summed E-state index contributed by atoms with van der Waals surface area (Å²) in [5, 5.41) is 10.6. The largest absolute Gasteiger partial charge is 0.350 e. The van der Waals surface area contributed by atoms with Crippen molar-refractivity contribution in [1.82, 2.24) is 19.7 Å². The van der Waals surface area contributed by atoms with E-state index in [1.54, 1.807) is 23.0 Å². The number of fused-ring (bicyclic) bond motifs is 1. The first-order chi connectivity index (χ1) is 14.8. The number of carbonyl (C=O) groups is 1. The van der Waals surface area contributed by atoms with Crippen molar-refractivity contribution in [1.29, 1.82) is 0 Å². The molecule has 8 nitrogen and oxygen atoms in total. The quantitative estimate of drug-likeness (QED) is 0.633. The Morgan fingerprint density at radius 2 is 1.94 bits per heavy atom. The van der Waals surface area contributed by atoms with Crippen LogP contribution in [0.1, 0.15) is 30.7 Å². The third kappa shape index (κ3) is 4.35. The van der Waals surface area contributed by atoms with E-state index in [2.05, 4.69) is 25.7 Å². The van der Waals surface area contributed by atoms with Crippen LogP contribution in [0.5, 0.6) is 0 Å². The summed E-state index contributed by atoms with van der Waals surface area (Å²) in [6.45, 7) is 6.96. The van der Waals surface area contributed by atoms with Gasteiger partial charge >= 0.3 is 0 Å². The molecule has 0 saturated carbocycles. The molecule has 0 spiro atoms. The van der Waals surface area contributed by atoms with Crippen molar-refractivity contribution in [2.45, 2.75) is 39.9 Å². The molecule has 1 amide bonds. The number of carbonyl (C=O) groups excluding carboxylic acids is 1. The number of hydrogen-bond acceptors (Lipinski definition) is 6. The second-order valence-electron chi connectivity index (χ2n) is 8.15. The van der Waals surface area contributed by atoms with Crippen molar-refractivity contribution < 1.29 is 9.18 Å². The Morgan fingerprint density at radius 1 is 1.19 bits per heavy atom. The van der Waals surface area contributed by atoms with Crippen LogP contribution in [0.25, 0.3) is 0 Å². The van der Waals surface area contributed by atoms with Gasteiger partial charge in [-0.1, -0.05) is 26.0 Å². The van der Waals surface area contributed by atoms with Crippen LogP contribution in [0.3, 0.4) is 0 Å². The topological polar surface area (TPSA) is 88.0 Å². The lowest BCUT2D eigenvalue weighted by Crippen LogP contribution is -2.49. The number of benzene rings is 1. The highest BCUT2D eigenvalue weighted by Crippen LogP contribution is 2.34. The van der Waals surface area contributed by atoms with E-state index in [1.165, 1.54) is 12.1 Å². The molecular weight excluding hydrogens is 397 g/mol. The van der Waals surface area contributed by atoms with Crippen LogP contribution >= 0.6 is 0 Å². The van der Waals surface area contributed by atoms with E-state index < -0.39 is 0 Å². The number of rotatable bonds is 6. The van der Waals surface area contributed by atoms with E-state index in [0.717, 1.165) is 11.1 Å². The molecule has 4 rings (SSSR count). The molecule has 1 aliphatic heterocycles. The van der Waals surface area contributed by atoms with Crippen LogP contribution in [0, 0.1) is 18.7 Å². The minimum absolute atomic E-state index is 0.0361. The molecule has 3 heterocycles. The van der Waals surface area contributed by atoms with Crippen LogP contribution in [0.15, 0.2) is 36.7 Å². The second-order valence-corrected chi connectivity index (χ2v) is 8.15. The van der Waals surface area contributed by atoms with Crippen LogP contribution in [-0.4, -0.2) is 38.7 Å². The number of nitrogens with zero attached hydrogens (tertiary/aromatic N) is 5. The molecule has 162 valence electrons. The van der Waals surface area contributed by atoms with Gasteiger partial charge in [0.15, 0.2) is 5.82 Å². The fourth-order valence-electron chi connectivity index (χ4n) is 3.84. The van der Waals surface area contributed by atoms with Gasteiger partial charge in [0, 0.05) is 25.4 Å². The van der Waals surface area contributed by atoms with E-state index >= 15 is 0 Å². The first kappa shape index (κ1) is 20.8. The van der Waals surface area contributed by atoms with Crippen molar-refractivity contribution in [3.05, 3.63) is 59.3 Å². The summed E-state index contributed by atoms with van der Waals surface area (Å²) in [5.74, 6) is 1.07. The summed E-state index contributed by atoms with van der Waals surface area (Å²) in [4.78, 5) is 23.5. The van der Waals surface area contributed by atoms with Crippen LogP contribution in [0.2, 0.25) is 0 Å². The lowest BCUT2D eigenvalue weighted by atomic mass is 9.99. The van der Waals surface area contributed by atoms with E-state index in [1.807, 2.05) is 38.9 Å². The zero-order chi connectivity index (χ0) is 22.1.